The minimum Gasteiger partial charge on any atom is -0.481 e. The van der Waals surface area contributed by atoms with Crippen LogP contribution >= 0.6 is 0 Å². The molecule has 0 aliphatic carbocycles. The van der Waals surface area contributed by atoms with Crippen LogP contribution in [0.2, 0.25) is 0 Å². The number of fused-ring (bicyclic) bond motifs is 1. The number of cyclic esters (lactones) is 1. The van der Waals surface area contributed by atoms with Gasteiger partial charge in [-0.05, 0) is 37.0 Å². The molecule has 2 unspecified atom stereocenters. The van der Waals surface area contributed by atoms with Gasteiger partial charge in [-0.15, -0.1) is 0 Å². The lowest BCUT2D eigenvalue weighted by atomic mass is 9.84. The van der Waals surface area contributed by atoms with Gasteiger partial charge in [0.15, 0.2) is 6.10 Å². The van der Waals surface area contributed by atoms with Gasteiger partial charge in [0, 0.05) is 24.1 Å². The fourth-order valence-corrected chi connectivity index (χ4v) is 4.13. The third-order valence-corrected chi connectivity index (χ3v) is 5.83. The van der Waals surface area contributed by atoms with Crippen LogP contribution in [-0.4, -0.2) is 40.0 Å². The molecule has 1 N–H and O–H groups in total. The summed E-state index contributed by atoms with van der Waals surface area (Å²) in [5.74, 6) is -0.447. The highest BCUT2D eigenvalue weighted by Gasteiger charge is 2.36. The van der Waals surface area contributed by atoms with Crippen molar-refractivity contribution in [2.24, 2.45) is 5.92 Å². The Morgan fingerprint density at radius 3 is 2.69 bits per heavy atom. The molecule has 1 aliphatic rings. The molecule has 1 aromatic carbocycles. The van der Waals surface area contributed by atoms with Crippen molar-refractivity contribution in [3.05, 3.63) is 41.8 Å². The molecule has 168 valence electrons. The summed E-state index contributed by atoms with van der Waals surface area (Å²) < 4.78 is 27.1. The smallest absolute Gasteiger partial charge is 0.414 e. The average Bonchev–Trinajstić information content (AvgIpc) is 3.33. The number of imide groups is 1. The highest BCUT2D eigenvalue weighted by atomic mass is 19.1. The zero-order chi connectivity index (χ0) is 23.0. The van der Waals surface area contributed by atoms with Crippen LogP contribution in [0.5, 0.6) is 5.88 Å². The van der Waals surface area contributed by atoms with E-state index in [0.29, 0.717) is 41.0 Å². The Labute approximate surface area is 184 Å². The molecule has 1 aliphatic heterocycles. The predicted molar refractivity (Wildman–Crippen MR) is 116 cm³/mol. The van der Waals surface area contributed by atoms with Crippen molar-refractivity contribution in [1.82, 2.24) is 20.1 Å². The van der Waals surface area contributed by atoms with Crippen molar-refractivity contribution in [2.45, 2.75) is 45.8 Å². The van der Waals surface area contributed by atoms with E-state index in [-0.39, 0.29) is 17.7 Å². The van der Waals surface area contributed by atoms with Gasteiger partial charge in [0.2, 0.25) is 5.88 Å². The number of amides is 2. The van der Waals surface area contributed by atoms with Gasteiger partial charge < -0.3 is 9.47 Å². The van der Waals surface area contributed by atoms with Crippen molar-refractivity contribution in [3.63, 3.8) is 0 Å². The second-order valence-electron chi connectivity index (χ2n) is 8.12. The highest BCUT2D eigenvalue weighted by Crippen LogP contribution is 2.37. The Hall–Kier alpha value is -3.49. The number of nitrogens with one attached hydrogen (secondary N) is 1. The Morgan fingerprint density at radius 2 is 2.06 bits per heavy atom. The molecule has 4 rings (SSSR count). The second kappa shape index (κ2) is 8.57. The number of benzene rings is 1. The summed E-state index contributed by atoms with van der Waals surface area (Å²) in [4.78, 5) is 28.0. The molecule has 2 aromatic heterocycles. The number of halogens is 1. The van der Waals surface area contributed by atoms with E-state index in [1.165, 1.54) is 19.4 Å². The first-order chi connectivity index (χ1) is 15.3. The van der Waals surface area contributed by atoms with Crippen LogP contribution in [0.1, 0.15) is 38.7 Å². The molecule has 2 atom stereocenters. The number of carbonyl (C=O) groups is 2. The third kappa shape index (κ3) is 3.90. The fraction of sp³-hybridized carbons (Fsp3) is 0.391. The number of methoxy groups -OCH3 is 1. The minimum absolute atomic E-state index is 0.122. The molecule has 0 bridgehead atoms. The monoisotopic (exact) mass is 440 g/mol. The molecule has 3 heterocycles. The molecule has 2 amide bonds. The fourth-order valence-electron chi connectivity index (χ4n) is 4.13. The van der Waals surface area contributed by atoms with Gasteiger partial charge in [0.25, 0.3) is 5.91 Å². The van der Waals surface area contributed by atoms with E-state index in [1.54, 1.807) is 10.7 Å². The first kappa shape index (κ1) is 21.7. The van der Waals surface area contributed by atoms with E-state index in [1.807, 2.05) is 32.9 Å². The minimum atomic E-state index is -0.856. The maximum atomic E-state index is 14.7. The van der Waals surface area contributed by atoms with Crippen molar-refractivity contribution >= 4 is 22.9 Å². The molecular formula is C23H25FN4O4. The van der Waals surface area contributed by atoms with Gasteiger partial charge in [-0.3, -0.25) is 14.8 Å². The normalized spacial score (nSPS) is 17.0. The Morgan fingerprint density at radius 1 is 1.28 bits per heavy atom. The number of hydrogen-bond donors (Lipinski definition) is 1. The highest BCUT2D eigenvalue weighted by molar-refractivity contribution is 5.99. The topological polar surface area (TPSA) is 95.3 Å². The maximum Gasteiger partial charge on any atom is 0.414 e. The van der Waals surface area contributed by atoms with Gasteiger partial charge >= 0.3 is 6.09 Å². The third-order valence-electron chi connectivity index (χ3n) is 5.83. The number of rotatable bonds is 7. The molecule has 1 saturated heterocycles. The van der Waals surface area contributed by atoms with Crippen LogP contribution in [0.4, 0.5) is 9.18 Å². The lowest BCUT2D eigenvalue weighted by Gasteiger charge is -2.24. The van der Waals surface area contributed by atoms with Crippen LogP contribution in [0.25, 0.3) is 22.2 Å². The molecule has 32 heavy (non-hydrogen) atoms. The van der Waals surface area contributed by atoms with Gasteiger partial charge in [-0.25, -0.2) is 14.2 Å². The lowest BCUT2D eigenvalue weighted by molar-refractivity contribution is -0.123. The first-order valence-corrected chi connectivity index (χ1v) is 10.5. The summed E-state index contributed by atoms with van der Waals surface area (Å²) in [5.41, 5.74) is 2.66. The van der Waals surface area contributed by atoms with E-state index in [4.69, 9.17) is 9.47 Å². The molecule has 0 spiro atoms. The van der Waals surface area contributed by atoms with E-state index in [2.05, 4.69) is 15.4 Å². The van der Waals surface area contributed by atoms with E-state index < -0.39 is 18.1 Å². The summed E-state index contributed by atoms with van der Waals surface area (Å²) in [7, 11) is 1.52. The van der Waals surface area contributed by atoms with Crippen LogP contribution in [-0.2, 0) is 16.1 Å². The largest absolute Gasteiger partial charge is 0.481 e. The number of alkyl carbamates (subject to hydrolysis) is 1. The van der Waals surface area contributed by atoms with Gasteiger partial charge in [0.1, 0.15) is 5.82 Å². The molecule has 9 heteroatoms. The maximum absolute atomic E-state index is 14.7. The SMILES string of the molecule is CCn1ncc2c(F)cc(-c3ccc(C(CC4OC(=O)NC4=O)C(C)C)c(OC)n3)cc21. The molecule has 0 radical (unpaired) electrons. The van der Waals surface area contributed by atoms with Crippen molar-refractivity contribution < 1.29 is 23.5 Å². The van der Waals surface area contributed by atoms with E-state index in [0.717, 1.165) is 5.56 Å². The van der Waals surface area contributed by atoms with Crippen molar-refractivity contribution in [2.75, 3.05) is 7.11 Å². The standard InChI is InChI=1S/C23H25FN4O4/c1-5-28-19-9-13(8-17(24)16(19)11-25-28)18-7-6-14(22(26-18)31-4)15(12(2)3)10-20-21(29)27-23(30)32-20/h6-9,11-12,15,20H,5,10H2,1-4H3,(H,27,29,30). The predicted octanol–water partition coefficient (Wildman–Crippen LogP) is 4.03. The van der Waals surface area contributed by atoms with Crippen molar-refractivity contribution in [3.8, 4) is 17.1 Å². The molecule has 8 nitrogen and oxygen atoms in total. The van der Waals surface area contributed by atoms with Gasteiger partial charge in [-0.2, -0.15) is 5.10 Å². The quantitative estimate of drug-likeness (QED) is 0.596. The molecule has 0 saturated carbocycles. The van der Waals surface area contributed by atoms with E-state index in [9.17, 15) is 14.0 Å². The van der Waals surface area contributed by atoms with Crippen LogP contribution in [0.3, 0.4) is 0 Å². The number of hydrogen-bond acceptors (Lipinski definition) is 6. The Balaban J connectivity index is 1.71. The van der Waals surface area contributed by atoms with Crippen LogP contribution in [0.15, 0.2) is 30.5 Å². The van der Waals surface area contributed by atoms with Gasteiger partial charge in [-0.1, -0.05) is 19.9 Å². The van der Waals surface area contributed by atoms with Crippen LogP contribution < -0.4 is 10.1 Å². The van der Waals surface area contributed by atoms with Gasteiger partial charge in [0.05, 0.1) is 29.9 Å². The average molecular weight is 440 g/mol. The zero-order valence-corrected chi connectivity index (χ0v) is 18.4. The molecule has 3 aromatic rings. The summed E-state index contributed by atoms with van der Waals surface area (Å²) in [6.07, 6.45) is 0.244. The Bertz CT molecular complexity index is 1190. The number of aryl methyl sites for hydroxylation is 1. The van der Waals surface area contributed by atoms with Crippen LogP contribution in [0, 0.1) is 11.7 Å². The number of ether oxygens (including phenoxy) is 2. The summed E-state index contributed by atoms with van der Waals surface area (Å²) >= 11 is 0. The first-order valence-electron chi connectivity index (χ1n) is 10.5. The lowest BCUT2D eigenvalue weighted by Crippen LogP contribution is -2.27. The molecule has 1 fully saturated rings. The number of pyridine rings is 1. The molecular weight excluding hydrogens is 415 g/mol. The number of carbonyl (C=O) groups excluding carboxylic acids is 2. The number of aromatic nitrogens is 3. The summed E-state index contributed by atoms with van der Waals surface area (Å²) in [5, 5.41) is 6.84. The van der Waals surface area contributed by atoms with E-state index >= 15 is 0 Å². The summed E-state index contributed by atoms with van der Waals surface area (Å²) in [6.45, 7) is 6.60. The number of nitrogens with zero attached hydrogens (tertiary/aromatic N) is 3. The Kier molecular flexibility index (Phi) is 5.82. The summed E-state index contributed by atoms with van der Waals surface area (Å²) in [6, 6.07) is 6.98. The zero-order valence-electron chi connectivity index (χ0n) is 18.4. The van der Waals surface area contributed by atoms with Crippen molar-refractivity contribution in [1.29, 1.82) is 0 Å². The second-order valence-corrected chi connectivity index (χ2v) is 8.12.